The van der Waals surface area contributed by atoms with Crippen LogP contribution in [0.25, 0.3) is 5.57 Å². The Kier molecular flexibility index (Phi) is 4.31. The maximum absolute atomic E-state index is 12.2. The molecule has 1 aromatic heterocycles. The molecule has 0 radical (unpaired) electrons. The van der Waals surface area contributed by atoms with Gasteiger partial charge >= 0.3 is 5.97 Å². The minimum Gasteiger partial charge on any atom is -0.479 e. The highest BCUT2D eigenvalue weighted by molar-refractivity contribution is 7.80. The maximum atomic E-state index is 12.2. The van der Waals surface area contributed by atoms with Gasteiger partial charge in [0.2, 0.25) is 5.91 Å². The summed E-state index contributed by atoms with van der Waals surface area (Å²) >= 11 is 5.65. The number of carbonyl (C=O) groups is 2. The zero-order valence-electron chi connectivity index (χ0n) is 10.4. The zero-order chi connectivity index (χ0) is 14.0. The lowest BCUT2D eigenvalue weighted by atomic mass is 10.1. The predicted octanol–water partition coefficient (Wildman–Crippen LogP) is 1.99. The molecular formula is C13H15NO3S2. The number of hydrogen-bond acceptors (Lipinski definition) is 4. The van der Waals surface area contributed by atoms with Crippen LogP contribution in [0.3, 0.4) is 0 Å². The molecule has 1 N–H and O–H groups in total. The topological polar surface area (TPSA) is 57.6 Å². The molecular weight excluding hydrogens is 282 g/mol. The van der Waals surface area contributed by atoms with Crippen LogP contribution in [-0.4, -0.2) is 40.2 Å². The van der Waals surface area contributed by atoms with Gasteiger partial charge in [-0.2, -0.15) is 12.6 Å². The minimum absolute atomic E-state index is 0.162. The first-order valence-electron chi connectivity index (χ1n) is 5.93. The highest BCUT2D eigenvalue weighted by Crippen LogP contribution is 2.29. The number of aliphatic carboxylic acids is 1. The van der Waals surface area contributed by atoms with Gasteiger partial charge in [-0.25, -0.2) is 4.79 Å². The summed E-state index contributed by atoms with van der Waals surface area (Å²) in [4.78, 5) is 25.9. The standard InChI is InChI=1S/C13H15NO3S2/c1-8(7-18)12(15)14-6-9(5-10(14)13(16)17)11-3-2-4-19-11/h2-5,8,10,18H,6-7H2,1H3,(H,16,17). The van der Waals surface area contributed by atoms with E-state index in [1.54, 1.807) is 24.3 Å². The van der Waals surface area contributed by atoms with E-state index in [0.29, 0.717) is 12.3 Å². The van der Waals surface area contributed by atoms with E-state index in [2.05, 4.69) is 12.6 Å². The molecule has 1 amide bonds. The fourth-order valence-corrected chi connectivity index (χ4v) is 2.92. The molecule has 0 aliphatic carbocycles. The van der Waals surface area contributed by atoms with Gasteiger partial charge < -0.3 is 10.0 Å². The van der Waals surface area contributed by atoms with E-state index in [-0.39, 0.29) is 11.8 Å². The van der Waals surface area contributed by atoms with E-state index in [1.165, 1.54) is 4.90 Å². The highest BCUT2D eigenvalue weighted by Gasteiger charge is 2.35. The molecule has 0 bridgehead atoms. The first-order valence-corrected chi connectivity index (χ1v) is 7.44. The SMILES string of the molecule is CC(CS)C(=O)N1CC(c2cccs2)=CC1C(=O)O. The van der Waals surface area contributed by atoms with Crippen LogP contribution < -0.4 is 0 Å². The van der Waals surface area contributed by atoms with Crippen molar-refractivity contribution >= 4 is 41.4 Å². The van der Waals surface area contributed by atoms with Gasteiger partial charge in [0, 0.05) is 23.1 Å². The third-order valence-corrected chi connectivity index (χ3v) is 4.60. The third kappa shape index (κ3) is 2.84. The van der Waals surface area contributed by atoms with E-state index < -0.39 is 12.0 Å². The van der Waals surface area contributed by atoms with Gasteiger partial charge in [-0.3, -0.25) is 4.79 Å². The van der Waals surface area contributed by atoms with Gasteiger partial charge in [0.1, 0.15) is 6.04 Å². The molecule has 0 saturated carbocycles. The molecule has 4 nitrogen and oxygen atoms in total. The second-order valence-corrected chi connectivity index (χ2v) is 5.81. The number of rotatable bonds is 4. The number of carboxylic acids is 1. The zero-order valence-corrected chi connectivity index (χ0v) is 12.2. The van der Waals surface area contributed by atoms with Crippen molar-refractivity contribution in [3.63, 3.8) is 0 Å². The molecule has 2 rings (SSSR count). The van der Waals surface area contributed by atoms with Crippen LogP contribution in [0.2, 0.25) is 0 Å². The monoisotopic (exact) mass is 297 g/mol. The number of hydrogen-bond donors (Lipinski definition) is 2. The Bertz CT molecular complexity index is 510. The van der Waals surface area contributed by atoms with Gasteiger partial charge in [0.25, 0.3) is 0 Å². The Labute approximate surface area is 121 Å². The molecule has 1 aromatic rings. The predicted molar refractivity (Wildman–Crippen MR) is 78.4 cm³/mol. The van der Waals surface area contributed by atoms with Gasteiger partial charge in [0.15, 0.2) is 0 Å². The number of nitrogens with zero attached hydrogens (tertiary/aromatic N) is 1. The summed E-state index contributed by atoms with van der Waals surface area (Å²) in [5.41, 5.74) is 0.905. The number of thiophene rings is 1. The smallest absolute Gasteiger partial charge is 0.330 e. The first-order chi connectivity index (χ1) is 9.04. The summed E-state index contributed by atoms with van der Waals surface area (Å²) in [7, 11) is 0. The van der Waals surface area contributed by atoms with Gasteiger partial charge in [-0.1, -0.05) is 13.0 Å². The van der Waals surface area contributed by atoms with Crippen molar-refractivity contribution < 1.29 is 14.7 Å². The van der Waals surface area contributed by atoms with Crippen molar-refractivity contribution in [3.05, 3.63) is 28.5 Å². The fraction of sp³-hybridized carbons (Fsp3) is 0.385. The van der Waals surface area contributed by atoms with Gasteiger partial charge in [-0.05, 0) is 23.1 Å². The summed E-state index contributed by atoms with van der Waals surface area (Å²) in [5, 5.41) is 11.2. The Morgan fingerprint density at radius 1 is 1.63 bits per heavy atom. The van der Waals surface area contributed by atoms with E-state index in [4.69, 9.17) is 0 Å². The van der Waals surface area contributed by atoms with Crippen molar-refractivity contribution in [1.29, 1.82) is 0 Å². The molecule has 1 aliphatic heterocycles. The van der Waals surface area contributed by atoms with E-state index in [9.17, 15) is 14.7 Å². The second-order valence-electron chi connectivity index (χ2n) is 4.50. The molecule has 0 spiro atoms. The lowest BCUT2D eigenvalue weighted by Crippen LogP contribution is -2.43. The number of carboxylic acid groups (broad SMARTS) is 1. The van der Waals surface area contributed by atoms with Crippen LogP contribution in [0.4, 0.5) is 0 Å². The van der Waals surface area contributed by atoms with Crippen LogP contribution in [0, 0.1) is 5.92 Å². The quantitative estimate of drug-likeness (QED) is 0.836. The van der Waals surface area contributed by atoms with Crippen molar-refractivity contribution in [3.8, 4) is 0 Å². The van der Waals surface area contributed by atoms with Crippen LogP contribution in [0.5, 0.6) is 0 Å². The minimum atomic E-state index is -0.994. The molecule has 2 atom stereocenters. The average molecular weight is 297 g/mol. The van der Waals surface area contributed by atoms with Gasteiger partial charge in [-0.15, -0.1) is 11.3 Å². The molecule has 2 unspecified atom stereocenters. The van der Waals surface area contributed by atoms with Crippen LogP contribution in [-0.2, 0) is 9.59 Å². The van der Waals surface area contributed by atoms with Crippen molar-refractivity contribution in [1.82, 2.24) is 4.90 Å². The van der Waals surface area contributed by atoms with Crippen LogP contribution >= 0.6 is 24.0 Å². The number of amides is 1. The molecule has 0 fully saturated rings. The molecule has 1 aliphatic rings. The molecule has 6 heteroatoms. The largest absolute Gasteiger partial charge is 0.479 e. The molecule has 19 heavy (non-hydrogen) atoms. The second kappa shape index (κ2) is 5.79. The van der Waals surface area contributed by atoms with Crippen molar-refractivity contribution in [2.45, 2.75) is 13.0 Å². The van der Waals surface area contributed by atoms with E-state index in [1.807, 2.05) is 17.5 Å². The molecule has 102 valence electrons. The normalized spacial score (nSPS) is 20.2. The molecule has 0 saturated heterocycles. The van der Waals surface area contributed by atoms with Crippen LogP contribution in [0.1, 0.15) is 11.8 Å². The number of carbonyl (C=O) groups excluding carboxylic acids is 1. The van der Waals surface area contributed by atoms with Gasteiger partial charge in [0.05, 0.1) is 0 Å². The van der Waals surface area contributed by atoms with Crippen molar-refractivity contribution in [2.24, 2.45) is 5.92 Å². The lowest BCUT2D eigenvalue weighted by molar-refractivity contribution is -0.148. The molecule has 0 aromatic carbocycles. The highest BCUT2D eigenvalue weighted by atomic mass is 32.1. The van der Waals surface area contributed by atoms with E-state index in [0.717, 1.165) is 10.5 Å². The summed E-state index contributed by atoms with van der Waals surface area (Å²) < 4.78 is 0. The van der Waals surface area contributed by atoms with E-state index >= 15 is 0 Å². The Morgan fingerprint density at radius 2 is 2.37 bits per heavy atom. The third-order valence-electron chi connectivity index (χ3n) is 3.10. The van der Waals surface area contributed by atoms with Crippen LogP contribution in [0.15, 0.2) is 23.6 Å². The lowest BCUT2D eigenvalue weighted by Gasteiger charge is -2.24. The maximum Gasteiger partial charge on any atom is 0.330 e. The van der Waals surface area contributed by atoms with Crippen molar-refractivity contribution in [2.75, 3.05) is 12.3 Å². The summed E-state index contributed by atoms with van der Waals surface area (Å²) in [5.74, 6) is -1.02. The first kappa shape index (κ1) is 14.1. The molecule has 2 heterocycles. The fourth-order valence-electron chi connectivity index (χ4n) is 2.02. The summed E-state index contributed by atoms with van der Waals surface area (Å²) in [6.07, 6.45) is 1.66. The number of thiol groups is 1. The Balaban J connectivity index is 2.24. The average Bonchev–Trinajstić information content (AvgIpc) is 3.04. The Hall–Kier alpha value is -1.27. The summed E-state index contributed by atoms with van der Waals surface area (Å²) in [6, 6.07) is 2.98. The summed E-state index contributed by atoms with van der Waals surface area (Å²) in [6.45, 7) is 2.12. The Morgan fingerprint density at radius 3 is 2.89 bits per heavy atom.